The third kappa shape index (κ3) is 6.68. The van der Waals surface area contributed by atoms with Crippen LogP contribution in [0.3, 0.4) is 0 Å². The van der Waals surface area contributed by atoms with Crippen LogP contribution in [-0.2, 0) is 0 Å². The Labute approximate surface area is 447 Å². The predicted molar refractivity (Wildman–Crippen MR) is 320 cm³/mol. The second-order valence-electron chi connectivity index (χ2n) is 20.1. The minimum absolute atomic E-state index is 0.0256. The molecule has 0 bridgehead atoms. The summed E-state index contributed by atoms with van der Waals surface area (Å²) in [5, 5.41) is 9.48. The number of rotatable bonds is 8. The smallest absolute Gasteiger partial charge is 0.193 e. The predicted octanol–water partition coefficient (Wildman–Crippen LogP) is 17.4. The number of carbonyl (C=O) groups excluding carboxylic acids is 1. The number of carbonyl (C=O) groups is 1. The average Bonchev–Trinajstić information content (AvgIpc) is 4.30. The second kappa shape index (κ2) is 17.2. The maximum absolute atomic E-state index is 14.2. The van der Waals surface area contributed by atoms with E-state index in [1.54, 1.807) is 0 Å². The summed E-state index contributed by atoms with van der Waals surface area (Å²) in [6.45, 7) is 0. The van der Waals surface area contributed by atoms with Crippen molar-refractivity contribution in [2.24, 2.45) is 0 Å². The molecule has 6 aromatic heterocycles. The Kier molecular flexibility index (Phi) is 9.65. The van der Waals surface area contributed by atoms with E-state index >= 15 is 0 Å². The molecule has 0 aliphatic carbocycles. The standard InChI is InChI=1S/C71H44N6O/c78-71(45-25-33-51(34-26-45)74-61-19-7-5-17-57(61)59-41-47(29-37-67(59)74)49-31-39-69(72-43-49)76-63-21-9-1-13-53(63)54-14-2-10-22-64(54)76)46-27-35-52(36-28-46)75-62-20-8-6-18-58(62)60-42-48(30-38-68(60)75)50-32-40-70(73-44-50)77-65-23-11-3-15-55(65)56-16-4-12-24-66(56)77/h1-44H. The largest absolute Gasteiger partial charge is 0.309 e. The minimum Gasteiger partial charge on any atom is -0.309 e. The molecular weight excluding hydrogens is 953 g/mol. The maximum Gasteiger partial charge on any atom is 0.193 e. The Morgan fingerprint density at radius 2 is 0.538 bits per heavy atom. The van der Waals surface area contributed by atoms with E-state index in [1.807, 2.05) is 36.7 Å². The van der Waals surface area contributed by atoms with Crippen molar-refractivity contribution >= 4 is 93.0 Å². The van der Waals surface area contributed by atoms with E-state index in [1.165, 1.54) is 21.5 Å². The molecule has 0 saturated carbocycles. The van der Waals surface area contributed by atoms with Gasteiger partial charge in [0, 0.05) is 89.1 Å². The molecule has 0 aliphatic heterocycles. The van der Waals surface area contributed by atoms with E-state index in [2.05, 4.69) is 249 Å². The van der Waals surface area contributed by atoms with Gasteiger partial charge in [-0.1, -0.05) is 121 Å². The molecule has 0 atom stereocenters. The van der Waals surface area contributed by atoms with Crippen molar-refractivity contribution in [1.82, 2.24) is 28.2 Å². The number of para-hydroxylation sites is 6. The summed E-state index contributed by atoms with van der Waals surface area (Å²) in [6.07, 6.45) is 3.96. The Bertz CT molecular complexity index is 4650. The zero-order valence-corrected chi connectivity index (χ0v) is 42.0. The van der Waals surface area contributed by atoms with Crippen LogP contribution in [0.2, 0.25) is 0 Å². The van der Waals surface area contributed by atoms with Crippen LogP contribution in [0.1, 0.15) is 15.9 Å². The molecule has 0 N–H and O–H groups in total. The summed E-state index contributed by atoms with van der Waals surface area (Å²) in [6, 6.07) is 89.0. The molecule has 0 saturated heterocycles. The van der Waals surface area contributed by atoms with Crippen molar-refractivity contribution in [3.05, 3.63) is 278 Å². The molecule has 0 fully saturated rings. The third-order valence-corrected chi connectivity index (χ3v) is 15.9. The molecule has 78 heavy (non-hydrogen) atoms. The van der Waals surface area contributed by atoms with Crippen molar-refractivity contribution in [2.75, 3.05) is 0 Å². The van der Waals surface area contributed by atoms with Crippen LogP contribution in [0.5, 0.6) is 0 Å². The number of benzene rings is 10. The lowest BCUT2D eigenvalue weighted by atomic mass is 10.0. The van der Waals surface area contributed by atoms with Gasteiger partial charge in [-0.25, -0.2) is 9.97 Å². The Hall–Kier alpha value is -10.6. The van der Waals surface area contributed by atoms with Crippen molar-refractivity contribution in [3.8, 4) is 45.3 Å². The summed E-state index contributed by atoms with van der Waals surface area (Å²) in [5.74, 6) is 1.74. The van der Waals surface area contributed by atoms with Crippen LogP contribution < -0.4 is 0 Å². The molecule has 7 heteroatoms. The van der Waals surface area contributed by atoms with E-state index in [-0.39, 0.29) is 5.78 Å². The summed E-state index contributed by atoms with van der Waals surface area (Å²) >= 11 is 0. The fourth-order valence-corrected chi connectivity index (χ4v) is 12.3. The highest BCUT2D eigenvalue weighted by Crippen LogP contribution is 2.39. The average molecular weight is 997 g/mol. The van der Waals surface area contributed by atoms with Gasteiger partial charge in [-0.3, -0.25) is 13.9 Å². The summed E-state index contributed by atoms with van der Waals surface area (Å²) in [5.41, 5.74) is 16.5. The summed E-state index contributed by atoms with van der Waals surface area (Å²) in [4.78, 5) is 24.3. The van der Waals surface area contributed by atoms with Gasteiger partial charge in [0.1, 0.15) is 11.6 Å². The number of pyridine rings is 2. The van der Waals surface area contributed by atoms with Gasteiger partial charge in [0.05, 0.1) is 44.1 Å². The molecule has 10 aromatic carbocycles. The lowest BCUT2D eigenvalue weighted by Gasteiger charge is -2.11. The molecule has 0 unspecified atom stereocenters. The van der Waals surface area contributed by atoms with Gasteiger partial charge in [-0.15, -0.1) is 0 Å². The third-order valence-electron chi connectivity index (χ3n) is 15.9. The van der Waals surface area contributed by atoms with Crippen LogP contribution >= 0.6 is 0 Å². The first-order valence-electron chi connectivity index (χ1n) is 26.3. The van der Waals surface area contributed by atoms with Crippen molar-refractivity contribution in [2.45, 2.75) is 0 Å². The minimum atomic E-state index is -0.0256. The second-order valence-corrected chi connectivity index (χ2v) is 20.1. The zero-order valence-electron chi connectivity index (χ0n) is 42.0. The quantitative estimate of drug-likeness (QED) is 0.143. The fourth-order valence-electron chi connectivity index (χ4n) is 12.3. The van der Waals surface area contributed by atoms with E-state index in [4.69, 9.17) is 9.97 Å². The van der Waals surface area contributed by atoms with Gasteiger partial charge in [-0.05, 0) is 145 Å². The molecule has 16 rings (SSSR count). The van der Waals surface area contributed by atoms with Gasteiger partial charge in [0.25, 0.3) is 0 Å². The van der Waals surface area contributed by atoms with Gasteiger partial charge in [-0.2, -0.15) is 0 Å². The van der Waals surface area contributed by atoms with E-state index in [0.717, 1.165) is 111 Å². The molecule has 0 aliphatic rings. The Morgan fingerprint density at radius 1 is 0.256 bits per heavy atom. The molecule has 16 aromatic rings. The molecule has 0 amide bonds. The van der Waals surface area contributed by atoms with Crippen LogP contribution in [0.25, 0.3) is 132 Å². The van der Waals surface area contributed by atoms with Crippen LogP contribution in [0.4, 0.5) is 0 Å². The first-order chi connectivity index (χ1) is 38.6. The fraction of sp³-hybridized carbons (Fsp3) is 0. The lowest BCUT2D eigenvalue weighted by molar-refractivity contribution is 0.103. The Balaban J connectivity index is 0.676. The highest BCUT2D eigenvalue weighted by molar-refractivity contribution is 6.14. The lowest BCUT2D eigenvalue weighted by Crippen LogP contribution is -2.03. The van der Waals surface area contributed by atoms with Gasteiger partial charge >= 0.3 is 0 Å². The summed E-state index contributed by atoms with van der Waals surface area (Å²) in [7, 11) is 0. The van der Waals surface area contributed by atoms with Crippen molar-refractivity contribution in [3.63, 3.8) is 0 Å². The first kappa shape index (κ1) is 43.7. The highest BCUT2D eigenvalue weighted by atomic mass is 16.1. The zero-order chi connectivity index (χ0) is 51.4. The van der Waals surface area contributed by atoms with Gasteiger partial charge in [0.2, 0.25) is 0 Å². The Morgan fingerprint density at radius 3 is 0.859 bits per heavy atom. The van der Waals surface area contributed by atoms with Crippen molar-refractivity contribution in [1.29, 1.82) is 0 Å². The maximum atomic E-state index is 14.2. The van der Waals surface area contributed by atoms with Crippen LogP contribution in [0.15, 0.2) is 267 Å². The number of hydrogen-bond donors (Lipinski definition) is 0. The van der Waals surface area contributed by atoms with Crippen LogP contribution in [-0.4, -0.2) is 34.0 Å². The monoisotopic (exact) mass is 996 g/mol. The number of nitrogens with zero attached hydrogens (tertiary/aromatic N) is 6. The molecular formula is C71H44N6O. The summed E-state index contributed by atoms with van der Waals surface area (Å²) < 4.78 is 9.07. The molecule has 0 radical (unpaired) electrons. The number of hydrogen-bond acceptors (Lipinski definition) is 3. The van der Waals surface area contributed by atoms with E-state index in [9.17, 15) is 4.79 Å². The van der Waals surface area contributed by atoms with Crippen molar-refractivity contribution < 1.29 is 4.79 Å². The molecule has 0 spiro atoms. The number of fused-ring (bicyclic) bond motifs is 12. The van der Waals surface area contributed by atoms with Gasteiger partial charge in [0.15, 0.2) is 5.78 Å². The molecule has 364 valence electrons. The van der Waals surface area contributed by atoms with Gasteiger partial charge < -0.3 is 9.13 Å². The topological polar surface area (TPSA) is 62.6 Å². The number of aromatic nitrogens is 6. The highest BCUT2D eigenvalue weighted by Gasteiger charge is 2.19. The molecule has 7 nitrogen and oxygen atoms in total. The van der Waals surface area contributed by atoms with E-state index < -0.39 is 0 Å². The van der Waals surface area contributed by atoms with E-state index in [0.29, 0.717) is 11.1 Å². The van der Waals surface area contributed by atoms with Crippen LogP contribution in [0, 0.1) is 0 Å². The molecule has 6 heterocycles. The normalized spacial score (nSPS) is 11.9. The first-order valence-corrected chi connectivity index (χ1v) is 26.3. The SMILES string of the molecule is O=C(c1ccc(-n2c3ccccc3c3cc(-c4ccc(-n5c6ccccc6c6ccccc65)nc4)ccc32)cc1)c1ccc(-n2c3ccccc3c3cc(-c4ccc(-n5c6ccccc6c6ccccc65)nc4)ccc32)cc1. The number of ketones is 1.